The van der Waals surface area contributed by atoms with E-state index in [-0.39, 0.29) is 46.7 Å². The second-order valence-corrected chi connectivity index (χ2v) is 20.1. The number of aliphatic hydroxyl groups is 7. The van der Waals surface area contributed by atoms with E-state index in [1.54, 1.807) is 0 Å². The van der Waals surface area contributed by atoms with Crippen molar-refractivity contribution in [1.82, 2.24) is 0 Å². The number of carbonyl (C=O) groups is 1. The monoisotopic (exact) mass is 766 g/mol. The summed E-state index contributed by atoms with van der Waals surface area (Å²) in [4.78, 5) is 13.0. The Kier molecular flexibility index (Phi) is 10.6. The molecule has 0 aromatic heterocycles. The Hall–Kier alpha value is -1.23. The summed E-state index contributed by atoms with van der Waals surface area (Å²) in [6, 6.07) is 0. The molecule has 5 aliphatic carbocycles. The minimum atomic E-state index is -1.73. The second-order valence-electron chi connectivity index (χ2n) is 20.1. The highest BCUT2D eigenvalue weighted by Gasteiger charge is 2.70. The van der Waals surface area contributed by atoms with E-state index in [0.717, 1.165) is 51.4 Å². The maximum absolute atomic E-state index is 13.0. The van der Waals surface area contributed by atoms with Gasteiger partial charge in [0.25, 0.3) is 0 Å². The third-order valence-electron chi connectivity index (χ3n) is 17.0. The van der Waals surface area contributed by atoms with Gasteiger partial charge in [-0.3, -0.25) is 4.79 Å². The number of hydrogen-bond donors (Lipinski definition) is 8. The number of fused-ring (bicyclic) bond motifs is 7. The van der Waals surface area contributed by atoms with Crippen LogP contribution < -0.4 is 0 Å². The Morgan fingerprint density at radius 3 is 2.19 bits per heavy atom. The fraction of sp³-hybridized carbons (Fsp3) is 0.927. The third kappa shape index (κ3) is 5.92. The van der Waals surface area contributed by atoms with Crippen molar-refractivity contribution in [2.24, 2.45) is 50.2 Å². The maximum Gasteiger partial charge on any atom is 0.310 e. The van der Waals surface area contributed by atoms with Crippen molar-refractivity contribution in [2.75, 3.05) is 19.8 Å². The Morgan fingerprint density at radius 1 is 0.815 bits per heavy atom. The predicted molar refractivity (Wildman–Crippen MR) is 193 cm³/mol. The molecule has 7 rings (SSSR count). The number of hydrogen-bond acceptors (Lipinski definition) is 12. The molecule has 6 fully saturated rings. The molecule has 7 aliphatic rings. The fourth-order valence-corrected chi connectivity index (χ4v) is 13.4. The van der Waals surface area contributed by atoms with Crippen molar-refractivity contribution < 1.29 is 64.6 Å². The predicted octanol–water partition coefficient (Wildman–Crippen LogP) is 2.49. The van der Waals surface area contributed by atoms with Crippen LogP contribution in [0.2, 0.25) is 0 Å². The molecule has 0 radical (unpaired) electrons. The molecule has 0 aromatic carbocycles. The number of allylic oxidation sites excluding steroid dienone is 2. The highest BCUT2D eigenvalue weighted by atomic mass is 16.8. The number of carboxylic acid groups (broad SMARTS) is 1. The summed E-state index contributed by atoms with van der Waals surface area (Å²) in [6.07, 6.45) is -3.32. The van der Waals surface area contributed by atoms with Crippen LogP contribution in [0, 0.1) is 50.2 Å². The molecule has 54 heavy (non-hydrogen) atoms. The van der Waals surface area contributed by atoms with Crippen LogP contribution in [0.25, 0.3) is 0 Å². The van der Waals surface area contributed by atoms with Gasteiger partial charge in [-0.1, -0.05) is 53.2 Å². The van der Waals surface area contributed by atoms with Gasteiger partial charge in [0.05, 0.1) is 31.3 Å². The molecule has 4 saturated carbocycles. The molecule has 0 amide bonds. The van der Waals surface area contributed by atoms with Gasteiger partial charge in [0, 0.05) is 5.41 Å². The summed E-state index contributed by atoms with van der Waals surface area (Å²) in [5.41, 5.74) is -0.367. The quantitative estimate of drug-likeness (QED) is 0.138. The van der Waals surface area contributed by atoms with Crippen molar-refractivity contribution in [1.29, 1.82) is 0 Å². The highest BCUT2D eigenvalue weighted by molar-refractivity contribution is 5.76. The standard InChI is InChI=1S/C41H66O13/c1-36(2)13-15-41(35(49)50)16-14-39(5)21(22(41)17-36)7-8-26-37(3)11-10-27(38(4,20-43)25(37)9-12-40(26,39)6)53-34-32(28(45)23(44)19-51-34)54-33-31(48)30(47)29(46)24(18-42)52-33/h7,22-34,42-48H,8-20H2,1-6H3,(H,49,50)/t22-,23-,24+,25+,26+,27+,28-,29+,30-,31+,32+,33-,34-,37-,38-,39+,40+,41-/m0/s1. The number of aliphatic carboxylic acids is 1. The van der Waals surface area contributed by atoms with E-state index < -0.39 is 84.8 Å². The zero-order chi connectivity index (χ0) is 39.4. The van der Waals surface area contributed by atoms with Crippen molar-refractivity contribution >= 4 is 5.97 Å². The summed E-state index contributed by atoms with van der Waals surface area (Å²) >= 11 is 0. The van der Waals surface area contributed by atoms with Gasteiger partial charge in [-0.05, 0) is 104 Å². The molecule has 2 saturated heterocycles. The van der Waals surface area contributed by atoms with Crippen molar-refractivity contribution in [2.45, 2.75) is 167 Å². The number of aliphatic hydroxyl groups excluding tert-OH is 7. The molecular weight excluding hydrogens is 700 g/mol. The molecule has 2 heterocycles. The molecule has 0 bridgehead atoms. The SMILES string of the molecule is CC1(C)CC[C@]2(C(=O)O)CC[C@]3(C)C(=CC[C@@H]4[C@@]5(C)CC[C@@H](O[C@@H]6OC[C@H](O)[C@H](O)[C@H]6O[C@@H]6O[C@H](CO)[C@@H](O)[C@H](O)[C@H]6O)[C@@](C)(CO)[C@@H]5CC[C@]43C)[C@@H]2C1. The normalized spacial score (nSPS) is 54.3. The molecule has 0 unspecified atom stereocenters. The number of rotatable bonds is 7. The zero-order valence-corrected chi connectivity index (χ0v) is 32.9. The van der Waals surface area contributed by atoms with Crippen molar-refractivity contribution in [3.63, 3.8) is 0 Å². The van der Waals surface area contributed by atoms with Gasteiger partial charge in [-0.15, -0.1) is 0 Å². The first kappa shape index (κ1) is 40.9. The molecule has 308 valence electrons. The lowest BCUT2D eigenvalue weighted by atomic mass is 9.33. The highest BCUT2D eigenvalue weighted by Crippen LogP contribution is 2.76. The first-order chi connectivity index (χ1) is 25.2. The van der Waals surface area contributed by atoms with Crippen LogP contribution >= 0.6 is 0 Å². The smallest absolute Gasteiger partial charge is 0.310 e. The summed E-state index contributed by atoms with van der Waals surface area (Å²) in [6.45, 7) is 12.8. The van der Waals surface area contributed by atoms with Crippen LogP contribution in [-0.4, -0.2) is 128 Å². The Balaban J connectivity index is 1.15. The lowest BCUT2D eigenvalue weighted by Gasteiger charge is -2.71. The molecule has 13 heteroatoms. The van der Waals surface area contributed by atoms with Gasteiger partial charge in [0.15, 0.2) is 12.6 Å². The Bertz CT molecular complexity index is 1450. The average Bonchev–Trinajstić information content (AvgIpc) is 3.12. The minimum Gasteiger partial charge on any atom is -0.481 e. The van der Waals surface area contributed by atoms with E-state index in [0.29, 0.717) is 18.8 Å². The lowest BCUT2D eigenvalue weighted by Crippen LogP contribution is -2.67. The molecule has 0 aromatic rings. The molecule has 8 N–H and O–H groups in total. The van der Waals surface area contributed by atoms with E-state index in [2.05, 4.69) is 47.6 Å². The van der Waals surface area contributed by atoms with Crippen LogP contribution in [0.5, 0.6) is 0 Å². The van der Waals surface area contributed by atoms with Gasteiger partial charge in [-0.25, -0.2) is 0 Å². The van der Waals surface area contributed by atoms with Crippen molar-refractivity contribution in [3.8, 4) is 0 Å². The molecular formula is C41H66O13. The molecule has 13 nitrogen and oxygen atoms in total. The summed E-state index contributed by atoms with van der Waals surface area (Å²) in [5.74, 6) is -0.265. The van der Waals surface area contributed by atoms with E-state index in [9.17, 15) is 45.6 Å². The van der Waals surface area contributed by atoms with Gasteiger partial charge < -0.3 is 59.8 Å². The van der Waals surface area contributed by atoms with Crippen LogP contribution in [0.3, 0.4) is 0 Å². The number of ether oxygens (including phenoxy) is 4. The van der Waals surface area contributed by atoms with Gasteiger partial charge in [0.1, 0.15) is 42.7 Å². The topological polar surface area (TPSA) is 216 Å². The Labute approximate surface area is 319 Å². The lowest BCUT2D eigenvalue weighted by molar-refractivity contribution is -0.368. The fourth-order valence-electron chi connectivity index (χ4n) is 13.4. The summed E-state index contributed by atoms with van der Waals surface area (Å²) in [7, 11) is 0. The molecule has 18 atom stereocenters. The van der Waals surface area contributed by atoms with E-state index in [1.807, 2.05) is 0 Å². The zero-order valence-electron chi connectivity index (χ0n) is 32.9. The van der Waals surface area contributed by atoms with Crippen LogP contribution in [-0.2, 0) is 23.7 Å². The van der Waals surface area contributed by atoms with E-state index in [1.165, 1.54) is 5.57 Å². The first-order valence-electron chi connectivity index (χ1n) is 20.4. The average molecular weight is 767 g/mol. The summed E-state index contributed by atoms with van der Waals surface area (Å²) in [5, 5.41) is 84.7. The third-order valence-corrected chi connectivity index (χ3v) is 17.0. The van der Waals surface area contributed by atoms with Crippen LogP contribution in [0.4, 0.5) is 0 Å². The maximum atomic E-state index is 13.0. The van der Waals surface area contributed by atoms with E-state index in [4.69, 9.17) is 18.9 Å². The molecule has 2 aliphatic heterocycles. The van der Waals surface area contributed by atoms with Crippen LogP contribution in [0.15, 0.2) is 11.6 Å². The first-order valence-corrected chi connectivity index (χ1v) is 20.4. The Morgan fingerprint density at radius 2 is 1.52 bits per heavy atom. The number of carboxylic acids is 1. The van der Waals surface area contributed by atoms with Gasteiger partial charge in [0.2, 0.25) is 0 Å². The minimum absolute atomic E-state index is 0.0233. The van der Waals surface area contributed by atoms with Gasteiger partial charge in [-0.2, -0.15) is 0 Å². The van der Waals surface area contributed by atoms with E-state index >= 15 is 0 Å². The molecule has 0 spiro atoms. The van der Waals surface area contributed by atoms with Crippen LogP contribution in [0.1, 0.15) is 106 Å². The van der Waals surface area contributed by atoms with Crippen molar-refractivity contribution in [3.05, 3.63) is 11.6 Å². The summed E-state index contributed by atoms with van der Waals surface area (Å²) < 4.78 is 24.1. The largest absolute Gasteiger partial charge is 0.481 e. The second kappa shape index (κ2) is 14.0. The van der Waals surface area contributed by atoms with Gasteiger partial charge >= 0.3 is 5.97 Å².